The zero-order valence-electron chi connectivity index (χ0n) is 12.0. The van der Waals surface area contributed by atoms with Crippen molar-refractivity contribution in [2.45, 2.75) is 16.6 Å². The Morgan fingerprint density at radius 3 is 2.29 bits per heavy atom. The molecule has 0 atom stereocenters. The average Bonchev–Trinajstić information content (AvgIpc) is 2.44. The lowest BCUT2D eigenvalue weighted by Gasteiger charge is -2.12. The van der Waals surface area contributed by atoms with E-state index in [1.165, 1.54) is 25.2 Å². The standard InChI is InChI=1S/C13H10F6N4S/c1-20-11-22-9(12(14,15)16)6-10(23-11)21-7-3-2-4-8(5-7)24-13(17,18)19/h2-6H,1H3,(H2,20,21,22,23). The first-order chi connectivity index (χ1) is 11.1. The van der Waals surface area contributed by atoms with Crippen LogP contribution in [0.5, 0.6) is 0 Å². The van der Waals surface area contributed by atoms with Crippen molar-refractivity contribution in [1.82, 2.24) is 9.97 Å². The predicted molar refractivity (Wildman–Crippen MR) is 78.2 cm³/mol. The second-order valence-corrected chi connectivity index (χ2v) is 5.55. The lowest BCUT2D eigenvalue weighted by molar-refractivity contribution is -0.141. The van der Waals surface area contributed by atoms with Crippen LogP contribution >= 0.6 is 11.8 Å². The summed E-state index contributed by atoms with van der Waals surface area (Å²) >= 11 is -0.325. The van der Waals surface area contributed by atoms with Gasteiger partial charge in [-0.1, -0.05) is 6.07 Å². The van der Waals surface area contributed by atoms with Gasteiger partial charge in [-0.15, -0.1) is 0 Å². The van der Waals surface area contributed by atoms with E-state index < -0.39 is 17.4 Å². The Morgan fingerprint density at radius 2 is 1.71 bits per heavy atom. The summed E-state index contributed by atoms with van der Waals surface area (Å²) in [5.41, 5.74) is -5.47. The number of thioether (sulfide) groups is 1. The van der Waals surface area contributed by atoms with Gasteiger partial charge < -0.3 is 10.6 Å². The second kappa shape index (κ2) is 6.75. The summed E-state index contributed by atoms with van der Waals surface area (Å²) in [7, 11) is 1.35. The fourth-order valence-electron chi connectivity index (χ4n) is 1.69. The molecule has 0 aliphatic heterocycles. The van der Waals surface area contributed by atoms with Crippen LogP contribution in [-0.4, -0.2) is 22.5 Å². The molecular formula is C13H10F6N4S. The van der Waals surface area contributed by atoms with E-state index in [1.807, 2.05) is 0 Å². The molecule has 1 aromatic carbocycles. The van der Waals surface area contributed by atoms with Gasteiger partial charge in [-0.25, -0.2) is 4.98 Å². The maximum atomic E-state index is 12.8. The van der Waals surface area contributed by atoms with Crippen molar-refractivity contribution < 1.29 is 26.3 Å². The zero-order valence-corrected chi connectivity index (χ0v) is 12.8. The van der Waals surface area contributed by atoms with E-state index in [1.54, 1.807) is 0 Å². The molecule has 0 saturated carbocycles. The number of benzene rings is 1. The van der Waals surface area contributed by atoms with E-state index >= 15 is 0 Å². The normalized spacial score (nSPS) is 12.1. The Balaban J connectivity index is 2.29. The molecule has 0 amide bonds. The molecule has 2 rings (SSSR count). The van der Waals surface area contributed by atoms with Crippen LogP contribution in [0.4, 0.5) is 43.8 Å². The number of aromatic nitrogens is 2. The second-order valence-electron chi connectivity index (χ2n) is 4.41. The molecule has 2 aromatic rings. The SMILES string of the molecule is CNc1nc(Nc2cccc(SC(F)(F)F)c2)cc(C(F)(F)F)n1. The molecule has 0 bridgehead atoms. The molecule has 2 N–H and O–H groups in total. The minimum absolute atomic E-state index is 0.105. The summed E-state index contributed by atoms with van der Waals surface area (Å²) < 4.78 is 75.5. The highest BCUT2D eigenvalue weighted by Gasteiger charge is 2.34. The van der Waals surface area contributed by atoms with Crippen LogP contribution in [0.1, 0.15) is 5.69 Å². The summed E-state index contributed by atoms with van der Waals surface area (Å²) in [5, 5.41) is 4.94. The third-order valence-corrected chi connectivity index (χ3v) is 3.30. The van der Waals surface area contributed by atoms with Crippen LogP contribution in [-0.2, 0) is 6.18 Å². The monoisotopic (exact) mass is 368 g/mol. The van der Waals surface area contributed by atoms with Crippen LogP contribution in [0.2, 0.25) is 0 Å². The summed E-state index contributed by atoms with van der Waals surface area (Å²) in [6.07, 6.45) is -4.68. The molecular weight excluding hydrogens is 358 g/mol. The number of anilines is 3. The highest BCUT2D eigenvalue weighted by molar-refractivity contribution is 8.00. The lowest BCUT2D eigenvalue weighted by atomic mass is 10.3. The largest absolute Gasteiger partial charge is 0.446 e. The molecule has 1 aromatic heterocycles. The predicted octanol–water partition coefficient (Wildman–Crippen LogP) is 4.89. The molecule has 0 spiro atoms. The molecule has 1 heterocycles. The Hall–Kier alpha value is -2.17. The molecule has 4 nitrogen and oxygen atoms in total. The number of alkyl halides is 6. The van der Waals surface area contributed by atoms with Crippen molar-refractivity contribution in [2.75, 3.05) is 17.7 Å². The van der Waals surface area contributed by atoms with Gasteiger partial charge in [0.2, 0.25) is 5.95 Å². The Morgan fingerprint density at radius 1 is 1.00 bits per heavy atom. The third kappa shape index (κ3) is 5.18. The summed E-state index contributed by atoms with van der Waals surface area (Å²) in [4.78, 5) is 6.99. The number of hydrogen-bond acceptors (Lipinski definition) is 5. The van der Waals surface area contributed by atoms with Gasteiger partial charge in [-0.2, -0.15) is 31.3 Å². The molecule has 11 heteroatoms. The minimum atomic E-state index is -4.68. The number of rotatable bonds is 4. The summed E-state index contributed by atoms with van der Waals surface area (Å²) in [6, 6.07) is 5.83. The van der Waals surface area contributed by atoms with E-state index in [0.717, 1.165) is 6.07 Å². The maximum Gasteiger partial charge on any atom is 0.446 e. The molecule has 0 radical (unpaired) electrons. The Bertz CT molecular complexity index is 716. The van der Waals surface area contributed by atoms with Crippen molar-refractivity contribution in [3.05, 3.63) is 36.0 Å². The quantitative estimate of drug-likeness (QED) is 0.594. The van der Waals surface area contributed by atoms with E-state index in [-0.39, 0.29) is 34.1 Å². The molecule has 0 unspecified atom stereocenters. The highest BCUT2D eigenvalue weighted by atomic mass is 32.2. The number of nitrogens with one attached hydrogen (secondary N) is 2. The van der Waals surface area contributed by atoms with Gasteiger partial charge in [-0.05, 0) is 30.0 Å². The van der Waals surface area contributed by atoms with Gasteiger partial charge in [0.05, 0.1) is 0 Å². The molecule has 24 heavy (non-hydrogen) atoms. The third-order valence-electron chi connectivity index (χ3n) is 2.58. The topological polar surface area (TPSA) is 49.8 Å². The van der Waals surface area contributed by atoms with E-state index in [4.69, 9.17) is 0 Å². The summed E-state index contributed by atoms with van der Waals surface area (Å²) in [6.45, 7) is 0. The molecule has 0 saturated heterocycles. The summed E-state index contributed by atoms with van der Waals surface area (Å²) in [5.74, 6) is -0.469. The number of hydrogen-bond donors (Lipinski definition) is 2. The van der Waals surface area contributed by atoms with Crippen LogP contribution in [0.3, 0.4) is 0 Å². The lowest BCUT2D eigenvalue weighted by Crippen LogP contribution is -2.12. The van der Waals surface area contributed by atoms with Crippen LogP contribution in [0.15, 0.2) is 35.2 Å². The Labute approximate surface area is 136 Å². The average molecular weight is 368 g/mol. The smallest absolute Gasteiger partial charge is 0.357 e. The van der Waals surface area contributed by atoms with Gasteiger partial charge in [-0.3, -0.25) is 0 Å². The number of nitrogens with zero attached hydrogens (tertiary/aromatic N) is 2. The van der Waals surface area contributed by atoms with Crippen LogP contribution in [0.25, 0.3) is 0 Å². The number of halogens is 6. The van der Waals surface area contributed by atoms with Crippen molar-refractivity contribution in [3.63, 3.8) is 0 Å². The van der Waals surface area contributed by atoms with Gasteiger partial charge in [0.15, 0.2) is 5.69 Å². The van der Waals surface area contributed by atoms with Gasteiger partial charge in [0.25, 0.3) is 0 Å². The van der Waals surface area contributed by atoms with Crippen LogP contribution in [0, 0.1) is 0 Å². The van der Waals surface area contributed by atoms with E-state index in [2.05, 4.69) is 20.6 Å². The maximum absolute atomic E-state index is 12.8. The first kappa shape index (κ1) is 18.2. The van der Waals surface area contributed by atoms with Crippen molar-refractivity contribution in [1.29, 1.82) is 0 Å². The first-order valence-electron chi connectivity index (χ1n) is 6.34. The fourth-order valence-corrected chi connectivity index (χ4v) is 2.29. The highest BCUT2D eigenvalue weighted by Crippen LogP contribution is 2.38. The molecule has 130 valence electrons. The Kier molecular flexibility index (Phi) is 5.11. The van der Waals surface area contributed by atoms with Crippen LogP contribution < -0.4 is 10.6 Å². The zero-order chi connectivity index (χ0) is 18.0. The molecule has 0 aliphatic carbocycles. The minimum Gasteiger partial charge on any atom is -0.357 e. The van der Waals surface area contributed by atoms with Gasteiger partial charge >= 0.3 is 11.7 Å². The van der Waals surface area contributed by atoms with Gasteiger partial charge in [0.1, 0.15) is 5.82 Å². The van der Waals surface area contributed by atoms with E-state index in [9.17, 15) is 26.3 Å². The fraction of sp³-hybridized carbons (Fsp3) is 0.231. The first-order valence-corrected chi connectivity index (χ1v) is 7.15. The van der Waals surface area contributed by atoms with Crippen molar-refractivity contribution in [3.8, 4) is 0 Å². The van der Waals surface area contributed by atoms with Gasteiger partial charge in [0, 0.05) is 23.7 Å². The molecule has 0 fully saturated rings. The molecule has 0 aliphatic rings. The van der Waals surface area contributed by atoms with E-state index in [0.29, 0.717) is 6.07 Å². The van der Waals surface area contributed by atoms with Crippen molar-refractivity contribution >= 4 is 29.2 Å². The van der Waals surface area contributed by atoms with Crippen molar-refractivity contribution in [2.24, 2.45) is 0 Å².